The molecule has 11 heavy (non-hydrogen) atoms. The summed E-state index contributed by atoms with van der Waals surface area (Å²) in [6.45, 7) is 0. The van der Waals surface area contributed by atoms with Crippen LogP contribution in [0.5, 0.6) is 0 Å². The smallest absolute Gasteiger partial charge is 0.311 e. The van der Waals surface area contributed by atoms with Crippen molar-refractivity contribution in [2.75, 3.05) is 0 Å². The number of aromatic amines is 1. The number of hydrogen-bond acceptors (Lipinski definition) is 2. The van der Waals surface area contributed by atoms with Gasteiger partial charge in [0.1, 0.15) is 5.15 Å². The summed E-state index contributed by atoms with van der Waals surface area (Å²) in [5.41, 5.74) is -0.927. The van der Waals surface area contributed by atoms with Crippen molar-refractivity contribution < 1.29 is 14.4 Å². The van der Waals surface area contributed by atoms with Gasteiger partial charge in [0.05, 0.1) is 0 Å². The molecule has 0 saturated heterocycles. The molecule has 1 heterocycles. The number of H-pyrrole nitrogens is 1. The van der Waals surface area contributed by atoms with Crippen molar-refractivity contribution in [2.45, 2.75) is 0 Å². The van der Waals surface area contributed by atoms with Crippen LogP contribution in [-0.2, 0) is 4.57 Å². The normalized spacial score (nSPS) is 11.9. The largest absolute Gasteiger partial charge is 0.439 e. The standard InChI is InChI=1S/C3H4ClN2O4P/c4-2-1-5-3(7)6(2)11(8,9)10/h1H,(H,5,7)(H2,8,9,10). The van der Waals surface area contributed by atoms with E-state index in [1.54, 1.807) is 0 Å². The summed E-state index contributed by atoms with van der Waals surface area (Å²) in [5.74, 6) is 0. The van der Waals surface area contributed by atoms with Gasteiger partial charge >= 0.3 is 13.4 Å². The summed E-state index contributed by atoms with van der Waals surface area (Å²) in [7, 11) is -4.60. The van der Waals surface area contributed by atoms with Gasteiger partial charge in [-0.15, -0.1) is 0 Å². The Morgan fingerprint density at radius 2 is 2.18 bits per heavy atom. The van der Waals surface area contributed by atoms with E-state index in [4.69, 9.17) is 21.4 Å². The van der Waals surface area contributed by atoms with Crippen LogP contribution < -0.4 is 5.69 Å². The second-order valence-electron chi connectivity index (χ2n) is 1.74. The van der Waals surface area contributed by atoms with E-state index in [2.05, 4.69) is 0 Å². The Bertz CT molecular complexity index is 362. The first kappa shape index (κ1) is 8.55. The van der Waals surface area contributed by atoms with Crippen molar-refractivity contribution in [3.8, 4) is 0 Å². The van der Waals surface area contributed by atoms with E-state index in [0.29, 0.717) is 0 Å². The van der Waals surface area contributed by atoms with Gasteiger partial charge in [-0.05, 0) is 0 Å². The molecule has 0 atom stereocenters. The maximum absolute atomic E-state index is 10.6. The van der Waals surface area contributed by atoms with E-state index >= 15 is 0 Å². The monoisotopic (exact) mass is 198 g/mol. The van der Waals surface area contributed by atoms with Crippen molar-refractivity contribution in [1.29, 1.82) is 0 Å². The van der Waals surface area contributed by atoms with E-state index < -0.39 is 13.4 Å². The second kappa shape index (κ2) is 2.49. The van der Waals surface area contributed by atoms with Crippen LogP contribution in [0.2, 0.25) is 5.15 Å². The number of nitrogens with one attached hydrogen (secondary N) is 1. The number of imidazole rings is 1. The molecule has 3 N–H and O–H groups in total. The van der Waals surface area contributed by atoms with Gasteiger partial charge in [0, 0.05) is 6.20 Å². The van der Waals surface area contributed by atoms with Crippen molar-refractivity contribution in [3.63, 3.8) is 0 Å². The SMILES string of the molecule is O=c1[nH]cc(Cl)n1P(=O)(O)O. The van der Waals surface area contributed by atoms with Crippen molar-refractivity contribution in [1.82, 2.24) is 9.32 Å². The molecule has 0 aliphatic heterocycles. The molecule has 1 rings (SSSR count). The van der Waals surface area contributed by atoms with Gasteiger partial charge in [-0.2, -0.15) is 4.34 Å². The quantitative estimate of drug-likeness (QED) is 0.543. The zero-order valence-electron chi connectivity index (χ0n) is 5.06. The number of nitrogens with zero attached hydrogens (tertiary/aromatic N) is 1. The molecule has 0 unspecified atom stereocenters. The van der Waals surface area contributed by atoms with E-state index in [1.807, 2.05) is 4.98 Å². The van der Waals surface area contributed by atoms with Crippen LogP contribution in [0, 0.1) is 0 Å². The van der Waals surface area contributed by atoms with E-state index in [-0.39, 0.29) is 9.49 Å². The Morgan fingerprint density at radius 1 is 1.64 bits per heavy atom. The second-order valence-corrected chi connectivity index (χ2v) is 3.56. The van der Waals surface area contributed by atoms with Gasteiger partial charge in [-0.3, -0.25) is 0 Å². The molecule has 0 saturated carbocycles. The molecule has 0 amide bonds. The molecule has 62 valence electrons. The average molecular weight is 199 g/mol. The Labute approximate surface area is 65.6 Å². The summed E-state index contributed by atoms with van der Waals surface area (Å²) in [6, 6.07) is 0. The number of hydrogen-bond donors (Lipinski definition) is 3. The summed E-state index contributed by atoms with van der Waals surface area (Å²) in [5, 5.41) is -0.316. The molecular weight excluding hydrogens is 194 g/mol. The lowest BCUT2D eigenvalue weighted by Gasteiger charge is -2.02. The summed E-state index contributed by atoms with van der Waals surface area (Å²) < 4.78 is 10.7. The minimum atomic E-state index is -4.60. The first-order valence-electron chi connectivity index (χ1n) is 2.45. The topological polar surface area (TPSA) is 95.3 Å². The zero-order valence-corrected chi connectivity index (χ0v) is 6.71. The molecule has 0 radical (unpaired) electrons. The first-order chi connectivity index (χ1) is 4.93. The average Bonchev–Trinajstić information content (AvgIpc) is 2.08. The molecule has 1 aromatic rings. The minimum absolute atomic E-state index is 0.175. The van der Waals surface area contributed by atoms with Gasteiger partial charge in [0.15, 0.2) is 0 Å². The predicted molar refractivity (Wildman–Crippen MR) is 37.5 cm³/mol. The fourth-order valence-corrected chi connectivity index (χ4v) is 1.61. The highest BCUT2D eigenvalue weighted by Gasteiger charge is 2.22. The lowest BCUT2D eigenvalue weighted by atomic mass is 11.0. The molecule has 0 aromatic carbocycles. The van der Waals surface area contributed by atoms with Gasteiger partial charge in [-0.25, -0.2) is 9.36 Å². The van der Waals surface area contributed by atoms with Crippen LogP contribution >= 0.6 is 19.3 Å². The van der Waals surface area contributed by atoms with Crippen molar-refractivity contribution in [2.24, 2.45) is 0 Å². The van der Waals surface area contributed by atoms with E-state index in [0.717, 1.165) is 6.20 Å². The van der Waals surface area contributed by atoms with Gasteiger partial charge < -0.3 is 14.8 Å². The van der Waals surface area contributed by atoms with Crippen LogP contribution in [-0.4, -0.2) is 19.1 Å². The fraction of sp³-hybridized carbons (Fsp3) is 0. The molecular formula is C3H4ClN2O4P. The zero-order chi connectivity index (χ0) is 8.65. The van der Waals surface area contributed by atoms with Crippen molar-refractivity contribution in [3.05, 3.63) is 21.8 Å². The molecule has 0 aliphatic rings. The summed E-state index contributed by atoms with van der Waals surface area (Å²) >= 11 is 5.27. The van der Waals surface area contributed by atoms with E-state index in [9.17, 15) is 9.36 Å². The highest BCUT2D eigenvalue weighted by Crippen LogP contribution is 2.37. The van der Waals surface area contributed by atoms with Gasteiger partial charge in [0.2, 0.25) is 0 Å². The van der Waals surface area contributed by atoms with Crippen molar-refractivity contribution >= 4 is 19.3 Å². The summed E-state index contributed by atoms with van der Waals surface area (Å²) in [6.07, 6.45) is 1.00. The Balaban J connectivity index is 3.45. The molecule has 0 aliphatic carbocycles. The van der Waals surface area contributed by atoms with E-state index in [1.165, 1.54) is 0 Å². The Morgan fingerprint density at radius 3 is 2.36 bits per heavy atom. The van der Waals surface area contributed by atoms with Crippen LogP contribution in [0.4, 0.5) is 0 Å². The Hall–Kier alpha value is -0.550. The van der Waals surface area contributed by atoms with Crippen LogP contribution in [0.25, 0.3) is 0 Å². The van der Waals surface area contributed by atoms with Gasteiger partial charge in [0.25, 0.3) is 0 Å². The number of rotatable bonds is 1. The molecule has 0 bridgehead atoms. The first-order valence-corrected chi connectivity index (χ1v) is 4.39. The predicted octanol–water partition coefficient (Wildman–Crippen LogP) is -0.229. The van der Waals surface area contributed by atoms with Crippen LogP contribution in [0.1, 0.15) is 0 Å². The van der Waals surface area contributed by atoms with Crippen LogP contribution in [0.15, 0.2) is 11.0 Å². The van der Waals surface area contributed by atoms with Crippen LogP contribution in [0.3, 0.4) is 0 Å². The lowest BCUT2D eigenvalue weighted by molar-refractivity contribution is 0.360. The third-order valence-electron chi connectivity index (χ3n) is 0.970. The Kier molecular flexibility index (Phi) is 1.94. The van der Waals surface area contributed by atoms with Gasteiger partial charge in [-0.1, -0.05) is 11.6 Å². The minimum Gasteiger partial charge on any atom is -0.311 e. The summed E-state index contributed by atoms with van der Waals surface area (Å²) in [4.78, 5) is 29.7. The molecule has 0 fully saturated rings. The number of aromatic nitrogens is 2. The highest BCUT2D eigenvalue weighted by atomic mass is 35.5. The third kappa shape index (κ3) is 1.54. The maximum atomic E-state index is 10.6. The molecule has 6 nitrogen and oxygen atoms in total. The molecule has 0 spiro atoms. The number of halogens is 1. The third-order valence-corrected chi connectivity index (χ3v) is 2.28. The molecule has 1 aromatic heterocycles. The fourth-order valence-electron chi connectivity index (χ4n) is 0.583. The highest BCUT2D eigenvalue weighted by molar-refractivity contribution is 7.50. The maximum Gasteiger partial charge on any atom is 0.439 e. The lowest BCUT2D eigenvalue weighted by Crippen LogP contribution is -2.14. The molecule has 8 heteroatoms.